The molecule has 0 spiro atoms. The second kappa shape index (κ2) is 7.69. The SMILES string of the molecule is O=C(O)[C@H]1O[C@@H](c2ccccc2)O[C@H]2[C@@H]1O[C@@H](c1ccccc1)O[C@H]2C(=O)O. The number of ether oxygens (including phenoxy) is 4. The molecule has 6 atom stereocenters. The lowest BCUT2D eigenvalue weighted by atomic mass is 9.98. The van der Waals surface area contributed by atoms with Crippen molar-refractivity contribution in [2.24, 2.45) is 0 Å². The highest BCUT2D eigenvalue weighted by molar-refractivity contribution is 5.76. The van der Waals surface area contributed by atoms with Gasteiger partial charge in [-0.25, -0.2) is 9.59 Å². The lowest BCUT2D eigenvalue weighted by Gasteiger charge is -2.46. The Morgan fingerprint density at radius 1 is 0.607 bits per heavy atom. The molecule has 8 heteroatoms. The van der Waals surface area contributed by atoms with E-state index < -0.39 is 48.9 Å². The smallest absolute Gasteiger partial charge is 0.335 e. The minimum absolute atomic E-state index is 0.571. The van der Waals surface area contributed by atoms with Crippen molar-refractivity contribution < 1.29 is 38.7 Å². The number of rotatable bonds is 4. The molecule has 2 aliphatic heterocycles. The van der Waals surface area contributed by atoms with Crippen molar-refractivity contribution in [2.75, 3.05) is 0 Å². The van der Waals surface area contributed by atoms with Gasteiger partial charge < -0.3 is 29.2 Å². The van der Waals surface area contributed by atoms with Gasteiger partial charge in [0.15, 0.2) is 24.8 Å². The van der Waals surface area contributed by atoms with E-state index in [1.807, 2.05) is 0 Å². The van der Waals surface area contributed by atoms with Gasteiger partial charge in [-0.3, -0.25) is 0 Å². The van der Waals surface area contributed by atoms with Crippen LogP contribution in [0.25, 0.3) is 0 Å². The molecule has 2 fully saturated rings. The van der Waals surface area contributed by atoms with Crippen LogP contribution in [0.5, 0.6) is 0 Å². The maximum atomic E-state index is 11.9. The first kappa shape index (κ1) is 18.6. The number of carboxylic acid groups (broad SMARTS) is 2. The Kier molecular flexibility index (Phi) is 5.10. The molecule has 0 amide bonds. The van der Waals surface area contributed by atoms with Crippen molar-refractivity contribution >= 4 is 11.9 Å². The summed E-state index contributed by atoms with van der Waals surface area (Å²) in [5, 5.41) is 19.3. The van der Waals surface area contributed by atoms with Crippen LogP contribution in [0.15, 0.2) is 60.7 Å². The number of benzene rings is 2. The van der Waals surface area contributed by atoms with Gasteiger partial charge in [-0.05, 0) is 0 Å². The van der Waals surface area contributed by atoms with Gasteiger partial charge in [0.1, 0.15) is 12.2 Å². The quantitative estimate of drug-likeness (QED) is 0.822. The molecule has 0 aromatic heterocycles. The highest BCUT2D eigenvalue weighted by Crippen LogP contribution is 2.40. The lowest BCUT2D eigenvalue weighted by molar-refractivity contribution is -0.373. The summed E-state index contributed by atoms with van der Waals surface area (Å²) in [6.07, 6.45) is -7.24. The van der Waals surface area contributed by atoms with Crippen LogP contribution >= 0.6 is 0 Å². The van der Waals surface area contributed by atoms with Crippen LogP contribution in [-0.2, 0) is 28.5 Å². The van der Waals surface area contributed by atoms with E-state index in [9.17, 15) is 19.8 Å². The Morgan fingerprint density at radius 3 is 1.29 bits per heavy atom. The first-order chi connectivity index (χ1) is 13.5. The molecule has 8 nitrogen and oxygen atoms in total. The first-order valence-corrected chi connectivity index (χ1v) is 8.72. The van der Waals surface area contributed by atoms with Crippen LogP contribution in [0.2, 0.25) is 0 Å². The summed E-state index contributed by atoms with van der Waals surface area (Å²) in [6.45, 7) is 0. The molecule has 2 aromatic carbocycles. The molecule has 0 radical (unpaired) electrons. The Balaban J connectivity index is 1.67. The molecular weight excluding hydrogens is 368 g/mol. The summed E-state index contributed by atoms with van der Waals surface area (Å²) >= 11 is 0. The fourth-order valence-corrected chi connectivity index (χ4v) is 3.34. The van der Waals surface area contributed by atoms with E-state index >= 15 is 0 Å². The van der Waals surface area contributed by atoms with Crippen LogP contribution in [-0.4, -0.2) is 46.6 Å². The van der Waals surface area contributed by atoms with Crippen LogP contribution in [0, 0.1) is 0 Å². The summed E-state index contributed by atoms with van der Waals surface area (Å²) < 4.78 is 22.8. The minimum atomic E-state index is -1.42. The second-order valence-corrected chi connectivity index (χ2v) is 6.48. The van der Waals surface area contributed by atoms with Gasteiger partial charge in [0.2, 0.25) is 0 Å². The molecule has 0 unspecified atom stereocenters. The zero-order valence-corrected chi connectivity index (χ0v) is 14.6. The van der Waals surface area contributed by atoms with E-state index in [0.29, 0.717) is 11.1 Å². The average molecular weight is 386 g/mol. The number of fused-ring (bicyclic) bond motifs is 1. The third-order valence-electron chi connectivity index (χ3n) is 4.65. The summed E-state index contributed by atoms with van der Waals surface area (Å²) in [5.41, 5.74) is 1.14. The van der Waals surface area contributed by atoms with E-state index in [1.165, 1.54) is 0 Å². The molecule has 2 aliphatic rings. The average Bonchev–Trinajstić information content (AvgIpc) is 2.73. The van der Waals surface area contributed by atoms with Gasteiger partial charge in [0, 0.05) is 11.1 Å². The number of carboxylic acids is 2. The highest BCUT2D eigenvalue weighted by atomic mass is 16.8. The fraction of sp³-hybridized carbons (Fsp3) is 0.300. The van der Waals surface area contributed by atoms with Crippen molar-refractivity contribution in [3.63, 3.8) is 0 Å². The Bertz CT molecular complexity index is 768. The van der Waals surface area contributed by atoms with Gasteiger partial charge in [-0.15, -0.1) is 0 Å². The predicted octanol–water partition coefficient (Wildman–Crippen LogP) is 2.12. The van der Waals surface area contributed by atoms with Crippen molar-refractivity contribution in [1.82, 2.24) is 0 Å². The molecule has 0 saturated carbocycles. The molecule has 2 aromatic rings. The minimum Gasteiger partial charge on any atom is -0.479 e. The maximum absolute atomic E-state index is 11.9. The molecule has 0 aliphatic carbocycles. The van der Waals surface area contributed by atoms with Gasteiger partial charge >= 0.3 is 11.9 Å². The van der Waals surface area contributed by atoms with Crippen molar-refractivity contribution in [2.45, 2.75) is 37.0 Å². The largest absolute Gasteiger partial charge is 0.479 e. The van der Waals surface area contributed by atoms with Crippen LogP contribution in [0.4, 0.5) is 0 Å². The maximum Gasteiger partial charge on any atom is 0.335 e. The molecule has 28 heavy (non-hydrogen) atoms. The Hall–Kier alpha value is -2.78. The third kappa shape index (κ3) is 3.50. The van der Waals surface area contributed by atoms with Gasteiger partial charge in [-0.2, -0.15) is 0 Å². The van der Waals surface area contributed by atoms with Crippen LogP contribution < -0.4 is 0 Å². The standard InChI is InChI=1S/C20H18O8/c21-17(22)15-14-13(25-19(27-15)11-7-3-1-4-8-11)16(18(23)24)28-20(26-14)12-9-5-2-6-10-12/h1-10,13-16,19-20H,(H,21,22)(H,23,24)/t13-,14-,15-,16+,19-,20+/m0/s1. The van der Waals surface area contributed by atoms with Gasteiger partial charge in [0.25, 0.3) is 0 Å². The zero-order valence-electron chi connectivity index (χ0n) is 14.6. The summed E-state index contributed by atoms with van der Waals surface area (Å²) in [4.78, 5) is 23.7. The van der Waals surface area contributed by atoms with Crippen LogP contribution in [0.3, 0.4) is 0 Å². The number of carbonyl (C=O) groups is 2. The normalized spacial score (nSPS) is 32.3. The molecule has 4 rings (SSSR count). The fourth-order valence-electron chi connectivity index (χ4n) is 3.34. The van der Waals surface area contributed by atoms with Crippen LogP contribution in [0.1, 0.15) is 23.7 Å². The predicted molar refractivity (Wildman–Crippen MR) is 93.1 cm³/mol. The number of aliphatic carboxylic acids is 2. The summed E-state index contributed by atoms with van der Waals surface area (Å²) in [5.74, 6) is -2.53. The molecule has 0 bridgehead atoms. The number of hydrogen-bond donors (Lipinski definition) is 2. The van der Waals surface area contributed by atoms with Crippen molar-refractivity contribution in [1.29, 1.82) is 0 Å². The topological polar surface area (TPSA) is 112 Å². The van der Waals surface area contributed by atoms with E-state index in [0.717, 1.165) is 0 Å². The first-order valence-electron chi connectivity index (χ1n) is 8.72. The molecule has 2 heterocycles. The van der Waals surface area contributed by atoms with Gasteiger partial charge in [0.05, 0.1) is 0 Å². The van der Waals surface area contributed by atoms with E-state index in [4.69, 9.17) is 18.9 Å². The zero-order chi connectivity index (χ0) is 19.7. The summed E-state index contributed by atoms with van der Waals surface area (Å²) in [6, 6.07) is 17.4. The Morgan fingerprint density at radius 2 is 0.964 bits per heavy atom. The highest BCUT2D eigenvalue weighted by Gasteiger charge is 2.54. The van der Waals surface area contributed by atoms with E-state index in [-0.39, 0.29) is 0 Å². The lowest BCUT2D eigenvalue weighted by Crippen LogP contribution is -2.61. The van der Waals surface area contributed by atoms with E-state index in [2.05, 4.69) is 0 Å². The van der Waals surface area contributed by atoms with Crippen molar-refractivity contribution in [3.05, 3.63) is 71.8 Å². The molecule has 2 N–H and O–H groups in total. The van der Waals surface area contributed by atoms with Gasteiger partial charge in [-0.1, -0.05) is 60.7 Å². The summed E-state index contributed by atoms with van der Waals surface area (Å²) in [7, 11) is 0. The van der Waals surface area contributed by atoms with E-state index in [1.54, 1.807) is 60.7 Å². The van der Waals surface area contributed by atoms with Crippen molar-refractivity contribution in [3.8, 4) is 0 Å². The third-order valence-corrected chi connectivity index (χ3v) is 4.65. The second-order valence-electron chi connectivity index (χ2n) is 6.48. The molecular formula is C20H18O8. The number of hydrogen-bond acceptors (Lipinski definition) is 6. The molecule has 2 saturated heterocycles. The monoisotopic (exact) mass is 386 g/mol. The molecule has 146 valence electrons. The Labute approximate surface area is 160 Å².